The summed E-state index contributed by atoms with van der Waals surface area (Å²) in [4.78, 5) is 29.5. The first kappa shape index (κ1) is 20.4. The molecule has 3 rings (SSSR count). The van der Waals surface area contributed by atoms with Crippen molar-refractivity contribution in [3.63, 3.8) is 0 Å². The zero-order valence-electron chi connectivity index (χ0n) is 16.6. The Kier molecular flexibility index (Phi) is 6.70. The van der Waals surface area contributed by atoms with E-state index in [1.165, 1.54) is 24.2 Å². The minimum Gasteiger partial charge on any atom is -0.377 e. The summed E-state index contributed by atoms with van der Waals surface area (Å²) in [6.07, 6.45) is 2.35. The molecule has 1 aromatic heterocycles. The van der Waals surface area contributed by atoms with Gasteiger partial charge in [-0.05, 0) is 54.0 Å². The van der Waals surface area contributed by atoms with Crippen LogP contribution in [-0.2, 0) is 16.1 Å². The Labute approximate surface area is 170 Å². The van der Waals surface area contributed by atoms with Gasteiger partial charge in [-0.3, -0.25) is 9.59 Å². The zero-order chi connectivity index (χ0) is 20.1. The van der Waals surface area contributed by atoms with Crippen molar-refractivity contribution in [2.75, 3.05) is 44.6 Å². The van der Waals surface area contributed by atoms with E-state index < -0.39 is 0 Å². The molecule has 1 fully saturated rings. The summed E-state index contributed by atoms with van der Waals surface area (Å²) in [7, 11) is 5.50. The van der Waals surface area contributed by atoms with Gasteiger partial charge in [0.1, 0.15) is 6.61 Å². The third kappa shape index (κ3) is 5.33. The minimum atomic E-state index is -0.121. The van der Waals surface area contributed by atoms with Gasteiger partial charge < -0.3 is 19.9 Å². The Balaban J connectivity index is 1.81. The molecular formula is C21H27N3O3S. The Morgan fingerprint density at radius 2 is 2.04 bits per heavy atom. The molecule has 28 heavy (non-hydrogen) atoms. The maximum absolute atomic E-state index is 12.5. The van der Waals surface area contributed by atoms with Crippen LogP contribution in [0.25, 0.3) is 0 Å². The lowest BCUT2D eigenvalue weighted by molar-refractivity contribution is -0.136. The number of hydrogen-bond donors (Lipinski definition) is 1. The van der Waals surface area contributed by atoms with Gasteiger partial charge in [0.25, 0.3) is 5.91 Å². The van der Waals surface area contributed by atoms with Crippen LogP contribution >= 0.6 is 11.3 Å². The topological polar surface area (TPSA) is 61.9 Å². The second kappa shape index (κ2) is 9.21. The first-order valence-corrected chi connectivity index (χ1v) is 10.3. The van der Waals surface area contributed by atoms with E-state index in [1.54, 1.807) is 13.2 Å². The van der Waals surface area contributed by atoms with Crippen molar-refractivity contribution in [2.24, 2.45) is 5.92 Å². The van der Waals surface area contributed by atoms with E-state index in [4.69, 9.17) is 4.74 Å². The monoisotopic (exact) mass is 401 g/mol. The van der Waals surface area contributed by atoms with E-state index in [1.807, 2.05) is 53.5 Å². The molecule has 0 unspecified atom stereocenters. The van der Waals surface area contributed by atoms with Gasteiger partial charge in [0, 0.05) is 45.7 Å². The lowest BCUT2D eigenvalue weighted by Crippen LogP contribution is -2.35. The van der Waals surface area contributed by atoms with E-state index in [2.05, 4.69) is 5.32 Å². The number of nitrogens with one attached hydrogen (secondary N) is 1. The van der Waals surface area contributed by atoms with Crippen molar-refractivity contribution in [2.45, 2.75) is 19.4 Å². The van der Waals surface area contributed by atoms with E-state index in [-0.39, 0.29) is 18.4 Å². The number of carbonyl (C=O) groups is 2. The van der Waals surface area contributed by atoms with Gasteiger partial charge in [0.05, 0.1) is 4.88 Å². The van der Waals surface area contributed by atoms with Gasteiger partial charge in [-0.1, -0.05) is 6.07 Å². The molecule has 1 heterocycles. The highest BCUT2D eigenvalue weighted by Crippen LogP contribution is 2.31. The van der Waals surface area contributed by atoms with E-state index in [9.17, 15) is 9.59 Å². The normalized spacial score (nSPS) is 13.2. The Morgan fingerprint density at radius 3 is 2.64 bits per heavy atom. The summed E-state index contributed by atoms with van der Waals surface area (Å²) in [6.45, 7) is 1.33. The molecule has 6 nitrogen and oxygen atoms in total. The lowest BCUT2D eigenvalue weighted by Gasteiger charge is -2.26. The molecule has 0 aliphatic heterocycles. The van der Waals surface area contributed by atoms with Crippen LogP contribution in [0, 0.1) is 5.92 Å². The molecule has 0 spiro atoms. The molecule has 1 N–H and O–H groups in total. The minimum absolute atomic E-state index is 0.00729. The molecule has 1 saturated carbocycles. The van der Waals surface area contributed by atoms with Gasteiger partial charge in [-0.2, -0.15) is 0 Å². The van der Waals surface area contributed by atoms with Crippen molar-refractivity contribution in [1.82, 2.24) is 4.90 Å². The number of anilines is 2. The van der Waals surface area contributed by atoms with Crippen LogP contribution in [0.1, 0.15) is 28.1 Å². The van der Waals surface area contributed by atoms with E-state index >= 15 is 0 Å². The predicted molar refractivity (Wildman–Crippen MR) is 113 cm³/mol. The molecule has 0 saturated heterocycles. The molecule has 0 atom stereocenters. The van der Waals surface area contributed by atoms with Crippen LogP contribution in [0.2, 0.25) is 0 Å². The molecule has 7 heteroatoms. The van der Waals surface area contributed by atoms with Gasteiger partial charge in [-0.15, -0.1) is 11.3 Å². The van der Waals surface area contributed by atoms with Crippen LogP contribution in [-0.4, -0.2) is 51.1 Å². The second-order valence-electron chi connectivity index (χ2n) is 7.32. The standard InChI is InChI=1S/C21H27N3O3S/c1-23(2)18-9-8-17(22-21(26)19-5-4-10-28-19)11-16(18)13-24(12-15-6-7-15)20(25)14-27-3/h4-5,8-11,15H,6-7,12-14H2,1-3H3,(H,22,26). The SMILES string of the molecule is COCC(=O)N(Cc1cc(NC(=O)c2cccs2)ccc1N(C)C)CC1CC1. The van der Waals surface area contributed by atoms with Crippen molar-refractivity contribution < 1.29 is 14.3 Å². The number of rotatable bonds is 9. The van der Waals surface area contributed by atoms with Gasteiger partial charge in [0.15, 0.2) is 0 Å². The highest BCUT2D eigenvalue weighted by molar-refractivity contribution is 7.12. The summed E-state index contributed by atoms with van der Waals surface area (Å²) in [5.74, 6) is 0.460. The number of benzene rings is 1. The quantitative estimate of drug-likeness (QED) is 0.699. The van der Waals surface area contributed by atoms with Crippen LogP contribution < -0.4 is 10.2 Å². The number of thiophene rings is 1. The van der Waals surface area contributed by atoms with Crippen LogP contribution in [0.4, 0.5) is 11.4 Å². The third-order valence-electron chi connectivity index (χ3n) is 4.72. The lowest BCUT2D eigenvalue weighted by atomic mass is 10.1. The Bertz CT molecular complexity index is 816. The van der Waals surface area contributed by atoms with Crippen molar-refractivity contribution in [1.29, 1.82) is 0 Å². The van der Waals surface area contributed by atoms with Crippen LogP contribution in [0.5, 0.6) is 0 Å². The number of carbonyl (C=O) groups excluding carboxylic acids is 2. The highest BCUT2D eigenvalue weighted by Gasteiger charge is 2.27. The smallest absolute Gasteiger partial charge is 0.265 e. The third-order valence-corrected chi connectivity index (χ3v) is 5.59. The maximum Gasteiger partial charge on any atom is 0.265 e. The Hall–Kier alpha value is -2.38. The fourth-order valence-corrected chi connectivity index (χ4v) is 3.73. The van der Waals surface area contributed by atoms with E-state index in [0.717, 1.165) is 23.5 Å². The summed E-state index contributed by atoms with van der Waals surface area (Å²) < 4.78 is 5.06. The highest BCUT2D eigenvalue weighted by atomic mass is 32.1. The molecular weight excluding hydrogens is 374 g/mol. The molecule has 2 amide bonds. The van der Waals surface area contributed by atoms with E-state index in [0.29, 0.717) is 17.3 Å². The number of amides is 2. The van der Waals surface area contributed by atoms with Gasteiger partial charge >= 0.3 is 0 Å². The van der Waals surface area contributed by atoms with Crippen molar-refractivity contribution in [3.8, 4) is 0 Å². The molecule has 1 aliphatic rings. The average molecular weight is 402 g/mol. The molecule has 2 aromatic rings. The summed E-state index contributed by atoms with van der Waals surface area (Å²) in [5.41, 5.74) is 2.75. The van der Waals surface area contributed by atoms with Gasteiger partial charge in [0.2, 0.25) is 5.91 Å². The zero-order valence-corrected chi connectivity index (χ0v) is 17.4. The number of ether oxygens (including phenoxy) is 1. The van der Waals surface area contributed by atoms with Crippen molar-refractivity contribution in [3.05, 3.63) is 46.2 Å². The molecule has 1 aliphatic carbocycles. The molecule has 0 radical (unpaired) electrons. The first-order valence-electron chi connectivity index (χ1n) is 9.39. The maximum atomic E-state index is 12.5. The predicted octanol–water partition coefficient (Wildman–Crippen LogP) is 3.45. The van der Waals surface area contributed by atoms with Crippen molar-refractivity contribution >= 4 is 34.5 Å². The Morgan fingerprint density at radius 1 is 1.25 bits per heavy atom. The number of hydrogen-bond acceptors (Lipinski definition) is 5. The molecule has 0 bridgehead atoms. The number of methoxy groups -OCH3 is 1. The first-order chi connectivity index (χ1) is 13.5. The summed E-state index contributed by atoms with van der Waals surface area (Å²) >= 11 is 1.41. The molecule has 150 valence electrons. The average Bonchev–Trinajstić information content (AvgIpc) is 3.30. The van der Waals surface area contributed by atoms with Crippen LogP contribution in [0.3, 0.4) is 0 Å². The number of nitrogens with zero attached hydrogens (tertiary/aromatic N) is 2. The fraction of sp³-hybridized carbons (Fsp3) is 0.429. The van der Waals surface area contributed by atoms with Crippen LogP contribution in [0.15, 0.2) is 35.7 Å². The summed E-state index contributed by atoms with van der Waals surface area (Å²) in [6, 6.07) is 9.50. The second-order valence-corrected chi connectivity index (χ2v) is 8.27. The molecule has 1 aromatic carbocycles. The fourth-order valence-electron chi connectivity index (χ4n) is 3.11. The summed E-state index contributed by atoms with van der Waals surface area (Å²) in [5, 5.41) is 4.84. The largest absolute Gasteiger partial charge is 0.377 e. The van der Waals surface area contributed by atoms with Gasteiger partial charge in [-0.25, -0.2) is 0 Å².